The van der Waals surface area contributed by atoms with Crippen LogP contribution in [0.3, 0.4) is 0 Å². The van der Waals surface area contributed by atoms with Gasteiger partial charge in [-0.1, -0.05) is 12.1 Å². The van der Waals surface area contributed by atoms with Crippen molar-refractivity contribution in [3.63, 3.8) is 0 Å². The van der Waals surface area contributed by atoms with Crippen LogP contribution in [0.4, 0.5) is 5.69 Å². The van der Waals surface area contributed by atoms with Crippen LogP contribution in [0.15, 0.2) is 42.5 Å². The molecule has 9 heteroatoms. The lowest BCUT2D eigenvalue weighted by Gasteiger charge is -2.23. The van der Waals surface area contributed by atoms with E-state index in [9.17, 15) is 13.2 Å². The molecule has 0 bridgehead atoms. The Labute approximate surface area is 196 Å². The van der Waals surface area contributed by atoms with Crippen LogP contribution >= 0.6 is 0 Å². The average molecular weight is 479 g/mol. The summed E-state index contributed by atoms with van der Waals surface area (Å²) >= 11 is 0. The van der Waals surface area contributed by atoms with E-state index >= 15 is 0 Å². The maximum absolute atomic E-state index is 12.5. The minimum absolute atomic E-state index is 0.159. The number of sulfonamides is 1. The molecule has 0 saturated heterocycles. The zero-order valence-electron chi connectivity index (χ0n) is 20.0. The molecular formula is C24H34N2O6S. The fraction of sp³-hybridized carbons (Fsp3) is 0.458. The third kappa shape index (κ3) is 7.85. The smallest absolute Gasteiger partial charge is 0.232 e. The first kappa shape index (κ1) is 26.3. The van der Waals surface area contributed by atoms with Gasteiger partial charge in [-0.25, -0.2) is 8.42 Å². The van der Waals surface area contributed by atoms with E-state index in [0.29, 0.717) is 42.6 Å². The zero-order valence-corrected chi connectivity index (χ0v) is 20.8. The topological polar surface area (TPSA) is 94.2 Å². The summed E-state index contributed by atoms with van der Waals surface area (Å²) in [6, 6.07) is 12.2. The molecular weight excluding hydrogens is 444 g/mol. The Morgan fingerprint density at radius 2 is 1.76 bits per heavy atom. The van der Waals surface area contributed by atoms with Gasteiger partial charge in [-0.15, -0.1) is 0 Å². The van der Waals surface area contributed by atoms with Gasteiger partial charge in [0, 0.05) is 19.0 Å². The average Bonchev–Trinajstić information content (AvgIpc) is 2.77. The minimum Gasteiger partial charge on any atom is -0.497 e. The Bertz CT molecular complexity index is 1030. The molecule has 0 spiro atoms. The summed E-state index contributed by atoms with van der Waals surface area (Å²) in [5, 5.41) is 2.96. The monoisotopic (exact) mass is 478 g/mol. The second kappa shape index (κ2) is 12.3. The van der Waals surface area contributed by atoms with Gasteiger partial charge in [-0.2, -0.15) is 0 Å². The van der Waals surface area contributed by atoms with Gasteiger partial charge in [0.1, 0.15) is 5.75 Å². The fourth-order valence-corrected chi connectivity index (χ4v) is 4.33. The highest BCUT2D eigenvalue weighted by Gasteiger charge is 2.19. The highest BCUT2D eigenvalue weighted by molar-refractivity contribution is 7.92. The lowest BCUT2D eigenvalue weighted by Crippen LogP contribution is -2.32. The van der Waals surface area contributed by atoms with Gasteiger partial charge in [0.15, 0.2) is 11.5 Å². The Morgan fingerprint density at radius 1 is 1.06 bits per heavy atom. The maximum atomic E-state index is 12.5. The Balaban J connectivity index is 1.99. The summed E-state index contributed by atoms with van der Waals surface area (Å²) in [5.41, 5.74) is 1.40. The number of ether oxygens (including phenoxy) is 3. The van der Waals surface area contributed by atoms with Gasteiger partial charge in [-0.3, -0.25) is 9.10 Å². The van der Waals surface area contributed by atoms with Crippen LogP contribution in [0.5, 0.6) is 17.2 Å². The third-order valence-electron chi connectivity index (χ3n) is 4.95. The lowest BCUT2D eigenvalue weighted by molar-refractivity contribution is -0.121. The Kier molecular flexibility index (Phi) is 9.84. The first-order chi connectivity index (χ1) is 15.7. The van der Waals surface area contributed by atoms with Crippen LogP contribution in [0, 0.1) is 0 Å². The first-order valence-corrected chi connectivity index (χ1v) is 12.8. The Morgan fingerprint density at radius 3 is 2.39 bits per heavy atom. The van der Waals surface area contributed by atoms with Gasteiger partial charge in [0.25, 0.3) is 0 Å². The highest BCUT2D eigenvalue weighted by Crippen LogP contribution is 2.31. The van der Waals surface area contributed by atoms with Crippen molar-refractivity contribution in [2.45, 2.75) is 39.7 Å². The molecule has 2 rings (SSSR count). The summed E-state index contributed by atoms with van der Waals surface area (Å²) in [4.78, 5) is 12.5. The molecule has 0 saturated carbocycles. The molecule has 33 heavy (non-hydrogen) atoms. The van der Waals surface area contributed by atoms with Crippen molar-refractivity contribution >= 4 is 21.6 Å². The first-order valence-electron chi connectivity index (χ1n) is 11.0. The van der Waals surface area contributed by atoms with Gasteiger partial charge in [0.2, 0.25) is 15.9 Å². The molecule has 0 heterocycles. The van der Waals surface area contributed by atoms with E-state index in [0.717, 1.165) is 11.8 Å². The van der Waals surface area contributed by atoms with Gasteiger partial charge in [-0.05, 0) is 57.0 Å². The fourth-order valence-electron chi connectivity index (χ4n) is 3.37. The summed E-state index contributed by atoms with van der Waals surface area (Å²) in [7, 11) is -1.98. The molecule has 0 fully saturated rings. The van der Waals surface area contributed by atoms with Crippen molar-refractivity contribution in [3.05, 3.63) is 48.0 Å². The third-order valence-corrected chi connectivity index (χ3v) is 6.15. The quantitative estimate of drug-likeness (QED) is 0.469. The van der Waals surface area contributed by atoms with E-state index in [1.165, 1.54) is 11.4 Å². The number of methoxy groups -OCH3 is 1. The molecule has 2 aromatic carbocycles. The number of nitrogens with one attached hydrogen (secondary N) is 1. The van der Waals surface area contributed by atoms with Crippen molar-refractivity contribution in [3.8, 4) is 17.2 Å². The second-order valence-corrected chi connectivity index (χ2v) is 9.41. The van der Waals surface area contributed by atoms with Gasteiger partial charge >= 0.3 is 0 Å². The van der Waals surface area contributed by atoms with Crippen molar-refractivity contribution in [2.24, 2.45) is 0 Å². The molecule has 8 nitrogen and oxygen atoms in total. The predicted molar refractivity (Wildman–Crippen MR) is 130 cm³/mol. The number of hydrogen-bond acceptors (Lipinski definition) is 6. The van der Waals surface area contributed by atoms with Crippen LogP contribution in [-0.4, -0.2) is 47.4 Å². The highest BCUT2D eigenvalue weighted by atomic mass is 32.2. The number of carbonyl (C=O) groups is 1. The van der Waals surface area contributed by atoms with E-state index in [4.69, 9.17) is 14.2 Å². The molecule has 0 unspecified atom stereocenters. The van der Waals surface area contributed by atoms with Crippen molar-refractivity contribution in [1.82, 2.24) is 5.32 Å². The molecule has 0 aliphatic carbocycles. The standard InChI is InChI=1S/C24H34N2O6S/c1-6-31-22-14-13-19(16-23(22)32-7-2)18(3)25-24(27)12-9-15-26(33(5,28)29)20-10-8-11-21(17-20)30-4/h8,10-11,13-14,16-18H,6-7,9,12,15H2,1-5H3,(H,25,27)/t18-/m0/s1. The minimum atomic E-state index is -3.51. The molecule has 182 valence electrons. The van der Waals surface area contributed by atoms with Crippen molar-refractivity contribution < 1.29 is 27.4 Å². The normalized spacial score (nSPS) is 12.0. The number of nitrogens with zero attached hydrogens (tertiary/aromatic N) is 1. The second-order valence-electron chi connectivity index (χ2n) is 7.50. The summed E-state index contributed by atoms with van der Waals surface area (Å²) in [6.45, 7) is 6.93. The molecule has 0 aromatic heterocycles. The van der Waals surface area contributed by atoms with Crippen LogP contribution < -0.4 is 23.8 Å². The van der Waals surface area contributed by atoms with E-state index in [-0.39, 0.29) is 24.9 Å². The van der Waals surface area contributed by atoms with Crippen molar-refractivity contribution in [1.29, 1.82) is 0 Å². The van der Waals surface area contributed by atoms with E-state index in [1.54, 1.807) is 24.3 Å². The summed E-state index contributed by atoms with van der Waals surface area (Å²) in [6.07, 6.45) is 1.71. The lowest BCUT2D eigenvalue weighted by atomic mass is 10.1. The van der Waals surface area contributed by atoms with Crippen LogP contribution in [0.2, 0.25) is 0 Å². The number of rotatable bonds is 13. The predicted octanol–water partition coefficient (Wildman–Crippen LogP) is 3.92. The molecule has 2 aromatic rings. The molecule has 1 atom stereocenters. The van der Waals surface area contributed by atoms with Gasteiger partial charge in [0.05, 0.1) is 38.3 Å². The summed E-state index contributed by atoms with van der Waals surface area (Å²) < 4.78 is 42.3. The molecule has 0 aliphatic rings. The number of hydrogen-bond donors (Lipinski definition) is 1. The number of benzene rings is 2. The number of carbonyl (C=O) groups excluding carboxylic acids is 1. The number of anilines is 1. The van der Waals surface area contributed by atoms with Crippen LogP contribution in [0.25, 0.3) is 0 Å². The Hall–Kier alpha value is -2.94. The van der Waals surface area contributed by atoms with Crippen LogP contribution in [0.1, 0.15) is 45.2 Å². The number of amides is 1. The van der Waals surface area contributed by atoms with Crippen LogP contribution in [-0.2, 0) is 14.8 Å². The van der Waals surface area contributed by atoms with Crippen molar-refractivity contribution in [2.75, 3.05) is 37.4 Å². The maximum Gasteiger partial charge on any atom is 0.232 e. The van der Waals surface area contributed by atoms with Gasteiger partial charge < -0.3 is 19.5 Å². The molecule has 1 amide bonds. The largest absolute Gasteiger partial charge is 0.497 e. The molecule has 0 radical (unpaired) electrons. The zero-order chi connectivity index (χ0) is 24.4. The van der Waals surface area contributed by atoms with E-state index < -0.39 is 10.0 Å². The molecule has 0 aliphatic heterocycles. The van der Waals surface area contributed by atoms with E-state index in [2.05, 4.69) is 5.32 Å². The SMILES string of the molecule is CCOc1ccc([C@H](C)NC(=O)CCCN(c2cccc(OC)c2)S(C)(=O)=O)cc1OCC. The summed E-state index contributed by atoms with van der Waals surface area (Å²) in [5.74, 6) is 1.71. The van der Waals surface area contributed by atoms with E-state index in [1.807, 2.05) is 39.0 Å². The molecule has 1 N–H and O–H groups in total.